The summed E-state index contributed by atoms with van der Waals surface area (Å²) < 4.78 is 5.54. The first-order valence-electron chi connectivity index (χ1n) is 11.3. The number of benzene rings is 3. The average molecular weight is 438 g/mol. The molecule has 33 heavy (non-hydrogen) atoms. The van der Waals surface area contributed by atoms with E-state index in [9.17, 15) is 0 Å². The highest BCUT2D eigenvalue weighted by atomic mass is 16.5. The molecule has 3 aromatic carbocycles. The molecule has 5 rings (SSSR count). The van der Waals surface area contributed by atoms with Gasteiger partial charge in [-0.1, -0.05) is 78.9 Å². The molecule has 0 spiro atoms. The maximum Gasteiger partial charge on any atom is 0.232 e. The lowest BCUT2D eigenvalue weighted by Crippen LogP contribution is -2.37. The summed E-state index contributed by atoms with van der Waals surface area (Å²) in [7, 11) is 0. The van der Waals surface area contributed by atoms with Crippen molar-refractivity contribution in [3.8, 4) is 0 Å². The molecule has 1 aliphatic rings. The summed E-state index contributed by atoms with van der Waals surface area (Å²) in [5.41, 5.74) is 3.38. The molecule has 6 nitrogen and oxygen atoms in total. The molecular formula is C27H27N5O. The van der Waals surface area contributed by atoms with E-state index in [1.165, 1.54) is 11.1 Å². The summed E-state index contributed by atoms with van der Waals surface area (Å²) in [4.78, 5) is 16.8. The summed E-state index contributed by atoms with van der Waals surface area (Å²) in [6.45, 7) is 2.88. The Balaban J connectivity index is 1.57. The van der Waals surface area contributed by atoms with Crippen LogP contribution in [-0.2, 0) is 11.2 Å². The molecule has 0 amide bonds. The van der Waals surface area contributed by atoms with Crippen molar-refractivity contribution < 1.29 is 4.74 Å². The lowest BCUT2D eigenvalue weighted by atomic mass is 9.91. The molecule has 1 aliphatic heterocycles. The Bertz CT molecular complexity index is 1150. The molecule has 0 saturated carbocycles. The van der Waals surface area contributed by atoms with Gasteiger partial charge < -0.3 is 15.0 Å². The second kappa shape index (κ2) is 10.2. The Morgan fingerprint density at radius 1 is 0.758 bits per heavy atom. The highest BCUT2D eigenvalue weighted by Crippen LogP contribution is 2.29. The van der Waals surface area contributed by atoms with Gasteiger partial charge in [0.2, 0.25) is 11.9 Å². The van der Waals surface area contributed by atoms with Crippen molar-refractivity contribution in [3.05, 3.63) is 108 Å². The molecule has 1 aromatic heterocycles. The molecule has 1 N–H and O–H groups in total. The van der Waals surface area contributed by atoms with Crippen molar-refractivity contribution in [1.29, 1.82) is 0 Å². The second-order valence-corrected chi connectivity index (χ2v) is 8.06. The normalized spacial score (nSPS) is 14.6. The number of nitrogens with one attached hydrogen (secondary N) is 1. The minimum absolute atomic E-state index is 0.00714. The van der Waals surface area contributed by atoms with Crippen molar-refractivity contribution in [2.45, 2.75) is 12.3 Å². The van der Waals surface area contributed by atoms with Gasteiger partial charge in [0.05, 0.1) is 13.2 Å². The zero-order valence-electron chi connectivity index (χ0n) is 18.5. The molecule has 0 aliphatic carbocycles. The van der Waals surface area contributed by atoms with Crippen molar-refractivity contribution in [3.63, 3.8) is 0 Å². The molecule has 1 unspecified atom stereocenters. The highest BCUT2D eigenvalue weighted by Gasteiger charge is 2.23. The van der Waals surface area contributed by atoms with Crippen LogP contribution in [0.4, 0.5) is 17.6 Å². The number of anilines is 3. The largest absolute Gasteiger partial charge is 0.378 e. The number of morpholine rings is 1. The molecule has 1 fully saturated rings. The molecule has 6 heteroatoms. The van der Waals surface area contributed by atoms with Crippen LogP contribution in [0.5, 0.6) is 0 Å². The van der Waals surface area contributed by atoms with Crippen molar-refractivity contribution in [2.24, 2.45) is 0 Å². The molecule has 1 atom stereocenters. The minimum Gasteiger partial charge on any atom is -0.378 e. The fourth-order valence-corrected chi connectivity index (χ4v) is 4.04. The van der Waals surface area contributed by atoms with E-state index in [0.717, 1.165) is 31.0 Å². The Kier molecular flexibility index (Phi) is 6.54. The van der Waals surface area contributed by atoms with Crippen LogP contribution < -0.4 is 10.2 Å². The van der Waals surface area contributed by atoms with Gasteiger partial charge in [0.1, 0.15) is 5.82 Å². The van der Waals surface area contributed by atoms with Crippen molar-refractivity contribution in [2.75, 3.05) is 36.5 Å². The van der Waals surface area contributed by atoms with Crippen molar-refractivity contribution in [1.82, 2.24) is 15.0 Å². The van der Waals surface area contributed by atoms with E-state index >= 15 is 0 Å². The molecule has 1 saturated heterocycles. The van der Waals surface area contributed by atoms with Crippen LogP contribution in [0, 0.1) is 0 Å². The Morgan fingerprint density at radius 3 is 2.09 bits per heavy atom. The zero-order valence-corrected chi connectivity index (χ0v) is 18.5. The van der Waals surface area contributed by atoms with Gasteiger partial charge in [-0.15, -0.1) is 0 Å². The van der Waals surface area contributed by atoms with Gasteiger partial charge in [-0.05, 0) is 29.7 Å². The number of ether oxygens (including phenoxy) is 1. The Morgan fingerprint density at radius 2 is 1.39 bits per heavy atom. The average Bonchev–Trinajstić information content (AvgIpc) is 2.89. The fourth-order valence-electron chi connectivity index (χ4n) is 4.04. The molecule has 166 valence electrons. The van der Waals surface area contributed by atoms with E-state index in [4.69, 9.17) is 19.7 Å². The predicted octanol–water partition coefficient (Wildman–Crippen LogP) is 4.83. The number of para-hydroxylation sites is 1. The predicted molar refractivity (Wildman–Crippen MR) is 131 cm³/mol. The van der Waals surface area contributed by atoms with Gasteiger partial charge in [-0.25, -0.2) is 0 Å². The van der Waals surface area contributed by atoms with E-state index in [1.807, 2.05) is 42.5 Å². The first-order valence-corrected chi connectivity index (χ1v) is 11.3. The third-order valence-electron chi connectivity index (χ3n) is 5.76. The van der Waals surface area contributed by atoms with Crippen LogP contribution in [0.25, 0.3) is 0 Å². The van der Waals surface area contributed by atoms with Gasteiger partial charge in [0.25, 0.3) is 0 Å². The van der Waals surface area contributed by atoms with Crippen molar-refractivity contribution >= 4 is 17.6 Å². The van der Waals surface area contributed by atoms with Gasteiger partial charge in [0.15, 0.2) is 0 Å². The van der Waals surface area contributed by atoms with Crippen LogP contribution in [0.3, 0.4) is 0 Å². The summed E-state index contributed by atoms with van der Waals surface area (Å²) in [5.74, 6) is 2.02. The van der Waals surface area contributed by atoms with Crippen LogP contribution >= 0.6 is 0 Å². The summed E-state index contributed by atoms with van der Waals surface area (Å²) in [5, 5.41) is 3.37. The topological polar surface area (TPSA) is 63.2 Å². The fraction of sp³-hybridized carbons (Fsp3) is 0.222. The summed E-state index contributed by atoms with van der Waals surface area (Å²) in [6.07, 6.45) is 0.808. The monoisotopic (exact) mass is 437 g/mol. The quantitative estimate of drug-likeness (QED) is 0.447. The highest BCUT2D eigenvalue weighted by molar-refractivity contribution is 5.54. The SMILES string of the molecule is c1ccc(CC(c2ccccc2)c2nc(Nc3ccccc3)nc(N3CCOCC3)n2)cc1. The van der Waals surface area contributed by atoms with Gasteiger partial charge >= 0.3 is 0 Å². The van der Waals surface area contributed by atoms with Crippen LogP contribution in [0.15, 0.2) is 91.0 Å². The minimum atomic E-state index is 0.00714. The summed E-state index contributed by atoms with van der Waals surface area (Å²) >= 11 is 0. The lowest BCUT2D eigenvalue weighted by molar-refractivity contribution is 0.122. The number of rotatable bonds is 7. The number of nitrogens with zero attached hydrogens (tertiary/aromatic N) is 4. The van der Waals surface area contributed by atoms with E-state index in [0.29, 0.717) is 25.1 Å². The van der Waals surface area contributed by atoms with E-state index in [-0.39, 0.29) is 5.92 Å². The molecule has 4 aromatic rings. The number of hydrogen-bond acceptors (Lipinski definition) is 6. The standard InChI is InChI=1S/C27H27N5O/c1-4-10-21(11-5-1)20-24(22-12-6-2-7-13-22)25-29-26(28-23-14-8-3-9-15-23)31-27(30-25)32-16-18-33-19-17-32/h1-15,24H,16-20H2,(H,28,29,30,31). The molecule has 0 radical (unpaired) electrons. The number of hydrogen-bond donors (Lipinski definition) is 1. The van der Waals surface area contributed by atoms with E-state index in [2.05, 4.69) is 58.7 Å². The molecule has 2 heterocycles. The third-order valence-corrected chi connectivity index (χ3v) is 5.76. The van der Waals surface area contributed by atoms with Gasteiger partial charge in [0, 0.05) is 24.7 Å². The molecule has 0 bridgehead atoms. The first-order chi connectivity index (χ1) is 16.3. The van der Waals surface area contributed by atoms with Gasteiger partial charge in [-0.2, -0.15) is 15.0 Å². The lowest BCUT2D eigenvalue weighted by Gasteiger charge is -2.28. The van der Waals surface area contributed by atoms with E-state index in [1.54, 1.807) is 0 Å². The first kappa shape index (κ1) is 21.1. The zero-order chi connectivity index (χ0) is 22.3. The van der Waals surface area contributed by atoms with E-state index < -0.39 is 0 Å². The van der Waals surface area contributed by atoms with Crippen LogP contribution in [0.1, 0.15) is 22.9 Å². The maximum absolute atomic E-state index is 5.54. The second-order valence-electron chi connectivity index (χ2n) is 8.06. The summed E-state index contributed by atoms with van der Waals surface area (Å²) in [6, 6.07) is 31.0. The van der Waals surface area contributed by atoms with Crippen LogP contribution in [0.2, 0.25) is 0 Å². The number of aromatic nitrogens is 3. The molecular weight excluding hydrogens is 410 g/mol. The van der Waals surface area contributed by atoms with Gasteiger partial charge in [-0.3, -0.25) is 0 Å². The smallest absolute Gasteiger partial charge is 0.232 e. The third kappa shape index (κ3) is 5.35. The Hall–Kier alpha value is -3.77. The van der Waals surface area contributed by atoms with Crippen LogP contribution in [-0.4, -0.2) is 41.3 Å². The Labute approximate surface area is 194 Å². The maximum atomic E-state index is 5.54.